The van der Waals surface area contributed by atoms with Gasteiger partial charge in [-0.15, -0.1) is 0 Å². The first-order valence-corrected chi connectivity index (χ1v) is 10.8. The fourth-order valence-electron chi connectivity index (χ4n) is 5.20. The summed E-state index contributed by atoms with van der Waals surface area (Å²) in [5.41, 5.74) is -0.317. The summed E-state index contributed by atoms with van der Waals surface area (Å²) in [5.74, 6) is -0.0135. The summed E-state index contributed by atoms with van der Waals surface area (Å²) in [5, 5.41) is 5.98. The van der Waals surface area contributed by atoms with Crippen molar-refractivity contribution in [2.24, 2.45) is 5.41 Å². The highest BCUT2D eigenvalue weighted by Gasteiger charge is 2.49. The molecule has 0 spiro atoms. The van der Waals surface area contributed by atoms with Gasteiger partial charge in [-0.05, 0) is 45.1 Å². The molecule has 0 bridgehead atoms. The molecule has 0 aromatic heterocycles. The van der Waals surface area contributed by atoms with Crippen molar-refractivity contribution < 1.29 is 9.59 Å². The normalized spacial score (nSPS) is 29.0. The molecule has 6 heteroatoms. The van der Waals surface area contributed by atoms with Crippen LogP contribution in [0.5, 0.6) is 0 Å². The fourth-order valence-corrected chi connectivity index (χ4v) is 5.20. The molecule has 154 valence electrons. The molecule has 2 aliphatic heterocycles. The fraction of sp³-hybridized carbons (Fsp3) is 0.905. The zero-order valence-electron chi connectivity index (χ0n) is 17.8. The zero-order valence-corrected chi connectivity index (χ0v) is 17.8. The number of hydrogen-bond acceptors (Lipinski definition) is 4. The molecule has 0 radical (unpaired) electrons. The van der Waals surface area contributed by atoms with E-state index in [-0.39, 0.29) is 23.3 Å². The van der Waals surface area contributed by atoms with E-state index in [0.29, 0.717) is 12.1 Å². The van der Waals surface area contributed by atoms with Crippen molar-refractivity contribution in [3.63, 3.8) is 0 Å². The van der Waals surface area contributed by atoms with Crippen LogP contribution in [-0.2, 0) is 9.59 Å². The molecular formula is C21H38N4O2. The Morgan fingerprint density at radius 2 is 1.63 bits per heavy atom. The van der Waals surface area contributed by atoms with E-state index in [4.69, 9.17) is 0 Å². The summed E-state index contributed by atoms with van der Waals surface area (Å²) < 4.78 is 0. The molecule has 3 rings (SSSR count). The van der Waals surface area contributed by atoms with Crippen LogP contribution >= 0.6 is 0 Å². The predicted molar refractivity (Wildman–Crippen MR) is 107 cm³/mol. The van der Waals surface area contributed by atoms with Crippen molar-refractivity contribution in [1.82, 2.24) is 20.4 Å². The Hall–Kier alpha value is -1.14. The minimum absolute atomic E-state index is 0.0972. The van der Waals surface area contributed by atoms with E-state index < -0.39 is 6.04 Å². The number of carbonyl (C=O) groups excluding carboxylic acids is 2. The molecule has 27 heavy (non-hydrogen) atoms. The van der Waals surface area contributed by atoms with Gasteiger partial charge < -0.3 is 15.5 Å². The molecule has 2 amide bonds. The summed E-state index contributed by atoms with van der Waals surface area (Å²) in [6, 6.07) is 0.772. The molecule has 1 saturated carbocycles. The van der Waals surface area contributed by atoms with Gasteiger partial charge >= 0.3 is 0 Å². The number of hydrogen-bond donors (Lipinski definition) is 2. The average Bonchev–Trinajstić information content (AvgIpc) is 3.33. The van der Waals surface area contributed by atoms with Gasteiger partial charge in [-0.2, -0.15) is 0 Å². The van der Waals surface area contributed by atoms with Crippen molar-refractivity contribution in [3.8, 4) is 0 Å². The van der Waals surface area contributed by atoms with Crippen molar-refractivity contribution in [2.45, 2.75) is 96.4 Å². The maximum Gasteiger partial charge on any atom is 0.245 e. The minimum atomic E-state index is -0.486. The third-order valence-electron chi connectivity index (χ3n) is 6.92. The van der Waals surface area contributed by atoms with E-state index >= 15 is 0 Å². The Bertz CT molecular complexity index is 553. The van der Waals surface area contributed by atoms with Gasteiger partial charge in [0.05, 0.1) is 6.04 Å². The second-order valence-electron chi connectivity index (χ2n) is 9.74. The molecule has 3 aliphatic rings. The Morgan fingerprint density at radius 3 is 2.22 bits per heavy atom. The maximum absolute atomic E-state index is 13.5. The number of nitrogens with one attached hydrogen (secondary N) is 2. The van der Waals surface area contributed by atoms with Gasteiger partial charge in [0.2, 0.25) is 11.8 Å². The Kier molecular flexibility index (Phi) is 6.16. The lowest BCUT2D eigenvalue weighted by molar-refractivity contribution is -0.140. The third-order valence-corrected chi connectivity index (χ3v) is 6.92. The van der Waals surface area contributed by atoms with Crippen LogP contribution in [0.2, 0.25) is 0 Å². The molecule has 6 nitrogen and oxygen atoms in total. The average molecular weight is 379 g/mol. The van der Waals surface area contributed by atoms with E-state index in [1.54, 1.807) is 7.05 Å². The smallest absolute Gasteiger partial charge is 0.245 e. The van der Waals surface area contributed by atoms with Gasteiger partial charge in [0.15, 0.2) is 0 Å². The number of likely N-dealkylation sites (N-methyl/N-ethyl adjacent to an activating group) is 1. The molecule has 0 aromatic rings. The molecule has 1 aliphatic carbocycles. The van der Waals surface area contributed by atoms with Crippen molar-refractivity contribution in [1.29, 1.82) is 0 Å². The molecule has 0 aromatic carbocycles. The summed E-state index contributed by atoms with van der Waals surface area (Å²) in [6.07, 6.45) is 7.49. The number of carbonyl (C=O) groups is 2. The highest BCUT2D eigenvalue weighted by atomic mass is 16.2. The van der Waals surface area contributed by atoms with Crippen molar-refractivity contribution in [2.75, 3.05) is 20.1 Å². The van der Waals surface area contributed by atoms with Crippen LogP contribution in [0, 0.1) is 5.41 Å². The van der Waals surface area contributed by atoms with E-state index in [2.05, 4.69) is 20.4 Å². The van der Waals surface area contributed by atoms with Crippen LogP contribution in [0.4, 0.5) is 0 Å². The molecule has 4 atom stereocenters. The van der Waals surface area contributed by atoms with Gasteiger partial charge in [-0.3, -0.25) is 14.5 Å². The van der Waals surface area contributed by atoms with Crippen LogP contribution in [-0.4, -0.2) is 72.0 Å². The monoisotopic (exact) mass is 378 g/mol. The zero-order chi connectivity index (χ0) is 19.8. The number of rotatable bonds is 5. The van der Waals surface area contributed by atoms with E-state index in [1.807, 2.05) is 27.7 Å². The number of nitrogens with zero attached hydrogens (tertiary/aromatic N) is 2. The van der Waals surface area contributed by atoms with Gasteiger partial charge in [0.1, 0.15) is 6.04 Å². The van der Waals surface area contributed by atoms with Crippen LogP contribution in [0.1, 0.15) is 66.2 Å². The van der Waals surface area contributed by atoms with Gasteiger partial charge in [0.25, 0.3) is 0 Å². The predicted octanol–water partition coefficient (Wildman–Crippen LogP) is 1.74. The SMILES string of the molecule is CN[C@@H](C)C(=O)NC(C(=O)N1CCC2C1CCN2C1CCCC1)C(C)(C)C. The summed E-state index contributed by atoms with van der Waals surface area (Å²) >= 11 is 0. The third kappa shape index (κ3) is 4.16. The van der Waals surface area contributed by atoms with Crippen LogP contribution in [0.15, 0.2) is 0 Å². The summed E-state index contributed by atoms with van der Waals surface area (Å²) in [7, 11) is 1.76. The van der Waals surface area contributed by atoms with Gasteiger partial charge in [-0.25, -0.2) is 0 Å². The number of likely N-dealkylation sites (tertiary alicyclic amines) is 2. The first-order chi connectivity index (χ1) is 12.7. The van der Waals surface area contributed by atoms with E-state index in [9.17, 15) is 9.59 Å². The highest BCUT2D eigenvalue weighted by molar-refractivity contribution is 5.90. The Morgan fingerprint density at radius 1 is 1.00 bits per heavy atom. The van der Waals surface area contributed by atoms with E-state index in [1.165, 1.54) is 25.7 Å². The quantitative estimate of drug-likeness (QED) is 0.765. The van der Waals surface area contributed by atoms with Crippen molar-refractivity contribution in [3.05, 3.63) is 0 Å². The molecule has 2 saturated heterocycles. The first-order valence-electron chi connectivity index (χ1n) is 10.8. The van der Waals surface area contributed by atoms with Crippen LogP contribution in [0.25, 0.3) is 0 Å². The van der Waals surface area contributed by atoms with Gasteiger partial charge in [0, 0.05) is 31.2 Å². The standard InChI is InChI=1S/C21H38N4O2/c1-14(22-5)19(26)23-18(21(2,3)4)20(27)25-13-11-16-17(25)10-12-24(16)15-8-6-7-9-15/h14-18,22H,6-13H2,1-5H3,(H,23,26)/t14-,16?,17?,18?/m0/s1. The number of fused-ring (bicyclic) bond motifs is 1. The lowest BCUT2D eigenvalue weighted by Gasteiger charge is -2.36. The minimum Gasteiger partial charge on any atom is -0.342 e. The Labute approximate surface area is 164 Å². The summed E-state index contributed by atoms with van der Waals surface area (Å²) in [6.45, 7) is 9.86. The van der Waals surface area contributed by atoms with Crippen LogP contribution in [0.3, 0.4) is 0 Å². The highest BCUT2D eigenvalue weighted by Crippen LogP contribution is 2.38. The first kappa shape index (κ1) is 20.6. The Balaban J connectivity index is 1.70. The van der Waals surface area contributed by atoms with Crippen LogP contribution < -0.4 is 10.6 Å². The lowest BCUT2D eigenvalue weighted by Crippen LogP contribution is -2.58. The molecule has 3 fully saturated rings. The largest absolute Gasteiger partial charge is 0.342 e. The van der Waals surface area contributed by atoms with Crippen molar-refractivity contribution >= 4 is 11.8 Å². The lowest BCUT2D eigenvalue weighted by atomic mass is 9.85. The van der Waals surface area contributed by atoms with E-state index in [0.717, 1.165) is 32.0 Å². The summed E-state index contributed by atoms with van der Waals surface area (Å²) in [4.78, 5) is 30.7. The number of amides is 2. The maximum atomic E-state index is 13.5. The topological polar surface area (TPSA) is 64.7 Å². The second kappa shape index (κ2) is 8.08. The molecular weight excluding hydrogens is 340 g/mol. The molecule has 2 heterocycles. The molecule has 2 N–H and O–H groups in total. The molecule has 3 unspecified atom stereocenters. The van der Waals surface area contributed by atoms with Gasteiger partial charge in [-0.1, -0.05) is 33.6 Å². The second-order valence-corrected chi connectivity index (χ2v) is 9.74.